The van der Waals surface area contributed by atoms with Crippen molar-refractivity contribution in [3.05, 3.63) is 58.5 Å². The Bertz CT molecular complexity index is 704. The average molecular weight is 237 g/mol. The minimum absolute atomic E-state index is 0.147. The van der Waals surface area contributed by atoms with Crippen molar-refractivity contribution in [3.8, 4) is 11.1 Å². The quantitative estimate of drug-likeness (QED) is 0.565. The molecule has 4 nitrogen and oxygen atoms in total. The van der Waals surface area contributed by atoms with E-state index in [-0.39, 0.29) is 11.3 Å². The summed E-state index contributed by atoms with van der Waals surface area (Å²) >= 11 is 0. The van der Waals surface area contributed by atoms with Crippen molar-refractivity contribution in [2.24, 2.45) is 5.18 Å². The first kappa shape index (κ1) is 10.5. The van der Waals surface area contributed by atoms with Gasteiger partial charge in [-0.2, -0.15) is 0 Å². The second-order valence-electron chi connectivity index (χ2n) is 4.03. The number of nitroso groups, excluding NO2 is 1. The van der Waals surface area contributed by atoms with Crippen molar-refractivity contribution >= 4 is 17.3 Å². The highest BCUT2D eigenvalue weighted by Crippen LogP contribution is 2.35. The molecule has 2 aromatic carbocycles. The summed E-state index contributed by atoms with van der Waals surface area (Å²) in [5.41, 5.74) is 2.18. The molecule has 0 N–H and O–H groups in total. The third-order valence-electron chi connectivity index (χ3n) is 3.02. The number of benzene rings is 2. The molecule has 0 unspecified atom stereocenters. The summed E-state index contributed by atoms with van der Waals surface area (Å²) in [5, 5.41) is 2.78. The lowest BCUT2D eigenvalue weighted by atomic mass is 9.84. The van der Waals surface area contributed by atoms with Crippen molar-refractivity contribution < 1.29 is 9.59 Å². The Morgan fingerprint density at radius 1 is 0.722 bits per heavy atom. The fourth-order valence-corrected chi connectivity index (χ4v) is 2.17. The first-order chi connectivity index (χ1) is 8.72. The lowest BCUT2D eigenvalue weighted by molar-refractivity contribution is 0.0815. The molecule has 1 aliphatic carbocycles. The molecule has 0 heterocycles. The summed E-state index contributed by atoms with van der Waals surface area (Å²) in [6.45, 7) is 0. The molecule has 0 spiro atoms. The van der Waals surface area contributed by atoms with E-state index in [1.807, 2.05) is 0 Å². The molecule has 2 aromatic rings. The van der Waals surface area contributed by atoms with Gasteiger partial charge in [0.2, 0.25) is 11.6 Å². The number of ketones is 2. The maximum Gasteiger partial charge on any atom is 0.234 e. The highest BCUT2D eigenvalue weighted by molar-refractivity contribution is 6.53. The Morgan fingerprint density at radius 3 is 2.06 bits per heavy atom. The van der Waals surface area contributed by atoms with Crippen LogP contribution in [0.25, 0.3) is 11.1 Å². The highest BCUT2D eigenvalue weighted by atomic mass is 16.3. The van der Waals surface area contributed by atoms with E-state index in [1.54, 1.807) is 30.3 Å². The molecule has 0 aromatic heterocycles. The molecular formula is C14H7NO3. The summed E-state index contributed by atoms with van der Waals surface area (Å²) in [7, 11) is 0. The summed E-state index contributed by atoms with van der Waals surface area (Å²) < 4.78 is 0. The highest BCUT2D eigenvalue weighted by Gasteiger charge is 2.30. The molecule has 0 aliphatic heterocycles. The molecule has 18 heavy (non-hydrogen) atoms. The van der Waals surface area contributed by atoms with Gasteiger partial charge < -0.3 is 0 Å². The van der Waals surface area contributed by atoms with Gasteiger partial charge in [-0.05, 0) is 28.4 Å². The predicted octanol–water partition coefficient (Wildman–Crippen LogP) is 3.13. The van der Waals surface area contributed by atoms with Gasteiger partial charge in [-0.25, -0.2) is 0 Å². The van der Waals surface area contributed by atoms with Crippen LogP contribution in [0.1, 0.15) is 20.7 Å². The van der Waals surface area contributed by atoms with Crippen LogP contribution in [0.15, 0.2) is 47.6 Å². The molecule has 0 atom stereocenters. The van der Waals surface area contributed by atoms with Crippen LogP contribution in [-0.2, 0) is 0 Å². The zero-order valence-electron chi connectivity index (χ0n) is 9.21. The molecule has 1 aliphatic rings. The number of fused-ring (bicyclic) bond motifs is 3. The van der Waals surface area contributed by atoms with E-state index >= 15 is 0 Å². The van der Waals surface area contributed by atoms with Crippen LogP contribution in [0.5, 0.6) is 0 Å². The Labute approximate surface area is 102 Å². The van der Waals surface area contributed by atoms with Gasteiger partial charge in [-0.1, -0.05) is 30.3 Å². The summed E-state index contributed by atoms with van der Waals surface area (Å²) in [5.74, 6) is -1.13. The number of hydrogen-bond acceptors (Lipinski definition) is 4. The number of hydrogen-bond donors (Lipinski definition) is 0. The monoisotopic (exact) mass is 237 g/mol. The van der Waals surface area contributed by atoms with Gasteiger partial charge in [0, 0.05) is 11.1 Å². The molecule has 4 heteroatoms. The number of nitrogens with zero attached hydrogens (tertiary/aromatic N) is 1. The second-order valence-corrected chi connectivity index (χ2v) is 4.03. The smallest absolute Gasteiger partial charge is 0.234 e. The maximum atomic E-state index is 12.0. The van der Waals surface area contributed by atoms with Gasteiger partial charge in [0.15, 0.2) is 0 Å². The summed E-state index contributed by atoms with van der Waals surface area (Å²) in [4.78, 5) is 34.4. The van der Waals surface area contributed by atoms with Gasteiger partial charge in [0.05, 0.1) is 0 Å². The van der Waals surface area contributed by atoms with Crippen LogP contribution >= 0.6 is 0 Å². The lowest BCUT2D eigenvalue weighted by Crippen LogP contribution is -2.20. The number of rotatable bonds is 1. The van der Waals surface area contributed by atoms with E-state index in [1.165, 1.54) is 12.1 Å². The molecule has 3 rings (SSSR count). The van der Waals surface area contributed by atoms with Gasteiger partial charge >= 0.3 is 0 Å². The second kappa shape index (κ2) is 3.70. The van der Waals surface area contributed by atoms with Crippen LogP contribution in [0.3, 0.4) is 0 Å². The molecule has 0 amide bonds. The number of Topliss-reactive ketones (excluding diaryl/α,β-unsaturated/α-hetero) is 2. The largest absolute Gasteiger partial charge is 0.285 e. The van der Waals surface area contributed by atoms with E-state index < -0.39 is 11.6 Å². The van der Waals surface area contributed by atoms with Crippen LogP contribution in [0, 0.1) is 4.91 Å². The molecule has 0 fully saturated rings. The first-order valence-electron chi connectivity index (χ1n) is 5.38. The van der Waals surface area contributed by atoms with E-state index in [9.17, 15) is 14.5 Å². The third kappa shape index (κ3) is 1.32. The van der Waals surface area contributed by atoms with Crippen molar-refractivity contribution in [3.63, 3.8) is 0 Å². The Balaban J connectivity index is 2.36. The van der Waals surface area contributed by atoms with Crippen LogP contribution in [0.2, 0.25) is 0 Å². The maximum absolute atomic E-state index is 12.0. The fourth-order valence-electron chi connectivity index (χ4n) is 2.17. The van der Waals surface area contributed by atoms with E-state index in [4.69, 9.17) is 0 Å². The van der Waals surface area contributed by atoms with Crippen molar-refractivity contribution in [2.45, 2.75) is 0 Å². The first-order valence-corrected chi connectivity index (χ1v) is 5.38. The predicted molar refractivity (Wildman–Crippen MR) is 66.0 cm³/mol. The van der Waals surface area contributed by atoms with Crippen LogP contribution in [-0.4, -0.2) is 11.6 Å². The zero-order valence-corrected chi connectivity index (χ0v) is 9.21. The Hall–Kier alpha value is -2.62. The van der Waals surface area contributed by atoms with E-state index in [2.05, 4.69) is 5.18 Å². The molecule has 0 bridgehead atoms. The molecule has 0 saturated carbocycles. The SMILES string of the molecule is O=Nc1ccc2c(c1)C(=O)C(=O)c1ccccc1-2. The van der Waals surface area contributed by atoms with Crippen molar-refractivity contribution in [1.82, 2.24) is 0 Å². The molecule has 0 radical (unpaired) electrons. The Morgan fingerprint density at radius 2 is 1.33 bits per heavy atom. The Kier molecular flexibility index (Phi) is 2.16. The van der Waals surface area contributed by atoms with Crippen LogP contribution < -0.4 is 0 Å². The normalized spacial score (nSPS) is 12.9. The van der Waals surface area contributed by atoms with E-state index in [0.717, 1.165) is 5.56 Å². The zero-order chi connectivity index (χ0) is 12.7. The van der Waals surface area contributed by atoms with Crippen molar-refractivity contribution in [1.29, 1.82) is 0 Å². The molecule has 0 saturated heterocycles. The van der Waals surface area contributed by atoms with Crippen LogP contribution in [0.4, 0.5) is 5.69 Å². The average Bonchev–Trinajstić information content (AvgIpc) is 2.44. The van der Waals surface area contributed by atoms with Gasteiger partial charge in [0.25, 0.3) is 0 Å². The summed E-state index contributed by atoms with van der Waals surface area (Å²) in [6, 6.07) is 11.5. The number of carbonyl (C=O) groups is 2. The molecule has 86 valence electrons. The minimum atomic E-state index is -0.589. The lowest BCUT2D eigenvalue weighted by Gasteiger charge is -2.17. The van der Waals surface area contributed by atoms with E-state index in [0.29, 0.717) is 11.1 Å². The van der Waals surface area contributed by atoms with Gasteiger partial charge in [-0.3, -0.25) is 9.59 Å². The number of carbonyl (C=O) groups excluding carboxylic acids is 2. The summed E-state index contributed by atoms with van der Waals surface area (Å²) in [6.07, 6.45) is 0. The topological polar surface area (TPSA) is 63.6 Å². The fraction of sp³-hybridized carbons (Fsp3) is 0. The molecular weight excluding hydrogens is 230 g/mol. The van der Waals surface area contributed by atoms with Crippen molar-refractivity contribution in [2.75, 3.05) is 0 Å². The van der Waals surface area contributed by atoms with Gasteiger partial charge in [-0.15, -0.1) is 4.91 Å². The van der Waals surface area contributed by atoms with Gasteiger partial charge in [0.1, 0.15) is 5.69 Å². The third-order valence-corrected chi connectivity index (χ3v) is 3.02. The standard InChI is InChI=1S/C14H7NO3/c16-13-11-4-2-1-3-9(11)10-6-5-8(15-18)7-12(10)14(13)17/h1-7H. The minimum Gasteiger partial charge on any atom is -0.285 e.